The maximum absolute atomic E-state index is 5.68. The SMILES string of the molecule is Cc1cc(C)c([C+]2c3ccc([n-]3)[C+](c3ccc(CSCCP(c4ccccc4)c4ccccc4)cc3)c3ccc([n-]3)[C+](c3c(C)cc(C)cc3C)c3ccc([n-]3)[C+](c3ccc(CSCCP(c4ccccc4)c4ccccc4)cc3)c3ccc2[n-]3)c(C)c1.[Zn]. The van der Waals surface area contributed by atoms with Crippen molar-refractivity contribution in [1.82, 2.24) is 19.9 Å². The normalized spacial score (nSPS) is 12.3. The summed E-state index contributed by atoms with van der Waals surface area (Å²) in [6.07, 6.45) is 2.26. The zero-order valence-corrected chi connectivity index (χ0v) is 57.9. The molecule has 0 saturated carbocycles. The van der Waals surface area contributed by atoms with Gasteiger partial charge in [0, 0.05) is 150 Å². The Morgan fingerprint density at radius 3 is 0.809 bits per heavy atom. The molecule has 8 aromatic carbocycles. The van der Waals surface area contributed by atoms with Crippen LogP contribution in [0, 0.1) is 65.2 Å². The van der Waals surface area contributed by atoms with Gasteiger partial charge < -0.3 is 19.9 Å². The molecule has 0 fully saturated rings. The van der Waals surface area contributed by atoms with Crippen LogP contribution in [0.3, 0.4) is 0 Å². The minimum absolute atomic E-state index is 0. The number of nitrogens with zero attached hydrogens (tertiary/aromatic N) is 4. The quantitative estimate of drug-likeness (QED) is 0.0369. The fraction of sp³-hybridized carbons (Fsp3) is 0.150. The predicted molar refractivity (Wildman–Crippen MR) is 376 cm³/mol. The van der Waals surface area contributed by atoms with E-state index in [1.54, 1.807) is 0 Å². The summed E-state index contributed by atoms with van der Waals surface area (Å²) in [4.78, 5) is 22.7. The summed E-state index contributed by atoms with van der Waals surface area (Å²) in [7, 11) is -0.887. The van der Waals surface area contributed by atoms with Crippen molar-refractivity contribution in [1.29, 1.82) is 0 Å². The van der Waals surface area contributed by atoms with Gasteiger partial charge in [0.2, 0.25) is 0 Å². The van der Waals surface area contributed by atoms with Crippen LogP contribution in [-0.4, -0.2) is 23.8 Å². The fourth-order valence-electron chi connectivity index (χ4n) is 12.8. The second kappa shape index (κ2) is 28.2. The molecule has 4 aromatic heterocycles. The molecule has 0 atom stereocenters. The predicted octanol–water partition coefficient (Wildman–Crippen LogP) is 16.5. The molecule has 1 aliphatic heterocycles. The molecule has 0 spiro atoms. The molecule has 1 aliphatic rings. The largest absolute Gasteiger partial charge is 0.628 e. The summed E-state index contributed by atoms with van der Waals surface area (Å²) in [5.41, 5.74) is 21.2. The molecule has 0 amide bonds. The van der Waals surface area contributed by atoms with Crippen LogP contribution in [-0.2, 0) is 31.0 Å². The van der Waals surface area contributed by atoms with E-state index in [1.165, 1.54) is 65.7 Å². The molecule has 5 heterocycles. The van der Waals surface area contributed by atoms with Crippen LogP contribution < -0.4 is 41.2 Å². The van der Waals surface area contributed by atoms with E-state index >= 15 is 0 Å². The van der Waals surface area contributed by atoms with Gasteiger partial charge in [0.1, 0.15) is 0 Å². The van der Waals surface area contributed by atoms with Crippen molar-refractivity contribution in [2.24, 2.45) is 0 Å². The average Bonchev–Trinajstić information content (AvgIpc) is 1.89. The second-order valence-electron chi connectivity index (χ2n) is 23.1. The van der Waals surface area contributed by atoms with Crippen molar-refractivity contribution in [3.63, 3.8) is 0 Å². The van der Waals surface area contributed by atoms with Gasteiger partial charge in [0.15, 0.2) is 0 Å². The number of hydrogen-bond donors (Lipinski definition) is 0. The summed E-state index contributed by atoms with van der Waals surface area (Å²) >= 11 is 4.03. The third-order valence-corrected chi connectivity index (χ3v) is 24.4. The van der Waals surface area contributed by atoms with Gasteiger partial charge in [0.25, 0.3) is 0 Å². The Kier molecular flexibility index (Phi) is 19.5. The van der Waals surface area contributed by atoms with Crippen molar-refractivity contribution in [2.75, 3.05) is 23.8 Å². The van der Waals surface area contributed by atoms with E-state index in [1.807, 2.05) is 23.5 Å². The minimum atomic E-state index is -0.443. The van der Waals surface area contributed by atoms with E-state index in [2.05, 4.69) is 284 Å². The number of hydrogen-bond acceptors (Lipinski definition) is 2. The minimum Gasteiger partial charge on any atom is -0.628 e. The fourth-order valence-corrected chi connectivity index (χ4v) is 20.2. The van der Waals surface area contributed by atoms with Gasteiger partial charge in [-0.3, -0.25) is 0 Å². The number of fused-ring (bicyclic) bond motifs is 8. The molecule has 0 aliphatic carbocycles. The zero-order valence-electron chi connectivity index (χ0n) is 51.5. The Labute approximate surface area is 551 Å². The molecule has 13 rings (SSSR count). The van der Waals surface area contributed by atoms with Crippen LogP contribution in [0.5, 0.6) is 0 Å². The molecule has 0 radical (unpaired) electrons. The third kappa shape index (κ3) is 13.7. The summed E-state index contributed by atoms with van der Waals surface area (Å²) in [5.74, 6) is 8.01. The van der Waals surface area contributed by atoms with E-state index < -0.39 is 15.8 Å². The first-order chi connectivity index (χ1) is 43.1. The third-order valence-electron chi connectivity index (χ3n) is 16.7. The number of benzene rings is 8. The van der Waals surface area contributed by atoms with Gasteiger partial charge in [-0.25, -0.2) is 0 Å². The van der Waals surface area contributed by atoms with E-state index in [0.717, 1.165) is 127 Å². The number of thioether (sulfide) groups is 2. The molecule has 8 bridgehead atoms. The van der Waals surface area contributed by atoms with E-state index in [0.29, 0.717) is 0 Å². The Hall–Kier alpha value is -7.46. The summed E-state index contributed by atoms with van der Waals surface area (Å²) < 4.78 is 0. The van der Waals surface area contributed by atoms with Gasteiger partial charge in [-0.15, -0.1) is 0 Å². The van der Waals surface area contributed by atoms with E-state index in [9.17, 15) is 0 Å². The number of aryl methyl sites for hydroxylation is 6. The average molecular weight is 1280 g/mol. The van der Waals surface area contributed by atoms with Gasteiger partial charge in [-0.2, -0.15) is 23.5 Å². The monoisotopic (exact) mass is 1280 g/mol. The maximum Gasteiger partial charge on any atom is 0.0823 e. The first-order valence-electron chi connectivity index (χ1n) is 30.4. The Balaban J connectivity index is 0.00000769. The zero-order chi connectivity index (χ0) is 60.1. The molecule has 9 heteroatoms. The molecule has 12 aromatic rings. The van der Waals surface area contributed by atoms with E-state index in [4.69, 9.17) is 19.9 Å². The van der Waals surface area contributed by atoms with Crippen LogP contribution >= 0.6 is 39.4 Å². The second-order valence-corrected chi connectivity index (χ2v) is 29.9. The van der Waals surface area contributed by atoms with Crippen molar-refractivity contribution in [3.8, 4) is 0 Å². The number of aromatic nitrogens is 4. The van der Waals surface area contributed by atoms with Crippen LogP contribution in [0.25, 0.3) is 0 Å². The van der Waals surface area contributed by atoms with Gasteiger partial charge >= 0.3 is 0 Å². The van der Waals surface area contributed by atoms with Crippen LogP contribution in [0.15, 0.2) is 243 Å². The molecular formula is C80H70N4P2S2Zn. The molecule has 0 N–H and O–H groups in total. The van der Waals surface area contributed by atoms with Crippen LogP contribution in [0.4, 0.5) is 0 Å². The standard InChI is InChI=1S/C80H70N4P2S2.Zn/c1-53-47-55(3)75(56(4)48-53)79-71-39-35-67(81-71)77(61-31-27-59(28-32-61)51-87-45-43-85(63-19-11-7-12-20-63)64-21-13-8-14-22-64)69-37-41-73(83-69)80(76-57(5)49-54(2)50-58(76)6)74-42-38-70(84-74)78(68-36-40-72(79)82-68)62-33-29-60(30-34-62)52-88-46-44-86(65-23-15-9-16-24-65)66-25-17-10-18-26-66;/h7-42,47-50H,43-46,51-52H2,1-6H3;. The number of rotatable bonds is 18. The topological polar surface area (TPSA) is 56.4 Å². The van der Waals surface area contributed by atoms with Crippen LogP contribution in [0.2, 0.25) is 0 Å². The van der Waals surface area contributed by atoms with Gasteiger partial charge in [-0.05, 0) is 219 Å². The molecular weight excluding hydrogens is 1210 g/mol. The van der Waals surface area contributed by atoms with Crippen molar-refractivity contribution >= 4 is 60.6 Å². The first-order valence-corrected chi connectivity index (χ1v) is 35.8. The van der Waals surface area contributed by atoms with Crippen LogP contribution in [0.1, 0.15) is 112 Å². The molecule has 4 nitrogen and oxygen atoms in total. The van der Waals surface area contributed by atoms with Gasteiger partial charge in [-0.1, -0.05) is 121 Å². The first kappa shape index (κ1) is 61.8. The van der Waals surface area contributed by atoms with Crippen molar-refractivity contribution in [2.45, 2.75) is 53.0 Å². The molecule has 0 unspecified atom stereocenters. The van der Waals surface area contributed by atoms with Crippen molar-refractivity contribution < 1.29 is 19.5 Å². The Morgan fingerprint density at radius 2 is 0.551 bits per heavy atom. The van der Waals surface area contributed by atoms with Crippen molar-refractivity contribution in [3.05, 3.63) is 379 Å². The van der Waals surface area contributed by atoms with Gasteiger partial charge in [0.05, 0.1) is 22.3 Å². The molecule has 0 saturated heterocycles. The summed E-state index contributed by atoms with van der Waals surface area (Å²) in [6.45, 7) is 13.2. The van der Waals surface area contributed by atoms with E-state index in [-0.39, 0.29) is 19.5 Å². The maximum atomic E-state index is 5.68. The Morgan fingerprint density at radius 1 is 0.303 bits per heavy atom. The summed E-state index contributed by atoms with van der Waals surface area (Å²) in [6, 6.07) is 89.2. The molecule has 434 valence electrons. The smallest absolute Gasteiger partial charge is 0.0823 e. The summed E-state index contributed by atoms with van der Waals surface area (Å²) in [5, 5.41) is 5.73. The Bertz CT molecular complexity index is 3780. The molecule has 89 heavy (non-hydrogen) atoms.